The Morgan fingerprint density at radius 3 is 2.64 bits per heavy atom. The summed E-state index contributed by atoms with van der Waals surface area (Å²) in [4.78, 5) is 18.3. The molecule has 2 aromatic heterocycles. The molecule has 1 unspecified atom stereocenters. The fourth-order valence-corrected chi connectivity index (χ4v) is 4.21. The van der Waals surface area contributed by atoms with Crippen molar-refractivity contribution < 1.29 is 9.21 Å². The molecule has 1 N–H and O–H groups in total. The fourth-order valence-electron chi connectivity index (χ4n) is 3.25. The molecule has 28 heavy (non-hydrogen) atoms. The van der Waals surface area contributed by atoms with E-state index in [2.05, 4.69) is 41.5 Å². The molecule has 0 aliphatic rings. The summed E-state index contributed by atoms with van der Waals surface area (Å²) in [6, 6.07) is 17.9. The number of aryl methyl sites for hydroxylation is 2. The summed E-state index contributed by atoms with van der Waals surface area (Å²) in [6.07, 6.45) is 0.305. The van der Waals surface area contributed by atoms with Gasteiger partial charge in [0.25, 0.3) is 0 Å². The average molecular weight is 391 g/mol. The van der Waals surface area contributed by atoms with Crippen LogP contribution in [0.15, 0.2) is 59.0 Å². The lowest BCUT2D eigenvalue weighted by atomic mass is 10.1. The lowest BCUT2D eigenvalue weighted by Crippen LogP contribution is -2.27. The molecule has 0 radical (unpaired) electrons. The molecule has 0 bridgehead atoms. The first kappa shape index (κ1) is 18.4. The Labute approximate surface area is 168 Å². The molecule has 5 heteroatoms. The van der Waals surface area contributed by atoms with Gasteiger partial charge in [-0.15, -0.1) is 11.3 Å². The highest BCUT2D eigenvalue weighted by Crippen LogP contribution is 2.29. The standard InChI is InChI=1S/C23H22N2O2S/c1-14-8-10-17(11-9-14)23-21(28-16(3)25-23)13-22(26)24-15(2)20-12-18-6-4-5-7-19(18)27-20/h4-12,15H,13H2,1-3H3,(H,24,26). The number of rotatable bonds is 5. The van der Waals surface area contributed by atoms with Crippen LogP contribution >= 0.6 is 11.3 Å². The van der Waals surface area contributed by atoms with Crippen molar-refractivity contribution in [3.05, 3.63) is 75.8 Å². The number of nitrogens with one attached hydrogen (secondary N) is 1. The minimum absolute atomic E-state index is 0.0371. The lowest BCUT2D eigenvalue weighted by Gasteiger charge is -2.11. The number of amides is 1. The Morgan fingerprint density at radius 1 is 1.14 bits per heavy atom. The van der Waals surface area contributed by atoms with E-state index < -0.39 is 0 Å². The van der Waals surface area contributed by atoms with Crippen molar-refractivity contribution in [2.75, 3.05) is 0 Å². The molecule has 2 aromatic carbocycles. The quantitative estimate of drug-likeness (QED) is 0.483. The van der Waals surface area contributed by atoms with Crippen LogP contribution < -0.4 is 5.32 Å². The lowest BCUT2D eigenvalue weighted by molar-refractivity contribution is -0.121. The van der Waals surface area contributed by atoms with Crippen LogP contribution in [0, 0.1) is 13.8 Å². The summed E-state index contributed by atoms with van der Waals surface area (Å²) in [5.74, 6) is 0.721. The third kappa shape index (κ3) is 3.85. The van der Waals surface area contributed by atoms with E-state index in [-0.39, 0.29) is 11.9 Å². The maximum atomic E-state index is 12.7. The molecule has 0 saturated heterocycles. The third-order valence-corrected chi connectivity index (χ3v) is 5.67. The van der Waals surface area contributed by atoms with E-state index in [1.165, 1.54) is 5.56 Å². The van der Waals surface area contributed by atoms with E-state index >= 15 is 0 Å². The van der Waals surface area contributed by atoms with Gasteiger partial charge in [0.2, 0.25) is 5.91 Å². The normalized spacial score (nSPS) is 12.2. The molecule has 0 aliphatic carbocycles. The van der Waals surface area contributed by atoms with E-state index in [4.69, 9.17) is 4.42 Å². The molecule has 1 atom stereocenters. The van der Waals surface area contributed by atoms with Crippen molar-refractivity contribution in [2.45, 2.75) is 33.2 Å². The largest absolute Gasteiger partial charge is 0.459 e. The fraction of sp³-hybridized carbons (Fsp3) is 0.217. The number of para-hydroxylation sites is 1. The number of fused-ring (bicyclic) bond motifs is 1. The molecule has 4 aromatic rings. The van der Waals surface area contributed by atoms with Gasteiger partial charge in [0, 0.05) is 15.8 Å². The van der Waals surface area contributed by atoms with Crippen molar-refractivity contribution in [3.8, 4) is 11.3 Å². The van der Waals surface area contributed by atoms with E-state index in [1.54, 1.807) is 11.3 Å². The van der Waals surface area contributed by atoms with Crippen LogP contribution in [0.2, 0.25) is 0 Å². The molecule has 0 spiro atoms. The number of thiazole rings is 1. The third-order valence-electron chi connectivity index (χ3n) is 4.70. The van der Waals surface area contributed by atoms with Crippen LogP contribution in [0.4, 0.5) is 0 Å². The van der Waals surface area contributed by atoms with Gasteiger partial charge in [-0.05, 0) is 32.9 Å². The SMILES string of the molecule is Cc1ccc(-c2nc(C)sc2CC(=O)NC(C)c2cc3ccccc3o2)cc1. The Balaban J connectivity index is 1.50. The topological polar surface area (TPSA) is 55.1 Å². The maximum absolute atomic E-state index is 12.7. The van der Waals surface area contributed by atoms with Crippen LogP contribution in [0.3, 0.4) is 0 Å². The first-order chi connectivity index (χ1) is 13.5. The number of aromatic nitrogens is 1. The van der Waals surface area contributed by atoms with Crippen LogP contribution in [0.25, 0.3) is 22.2 Å². The van der Waals surface area contributed by atoms with Crippen LogP contribution in [-0.4, -0.2) is 10.9 Å². The molecular weight excluding hydrogens is 368 g/mol. The average Bonchev–Trinajstić information content (AvgIpc) is 3.25. The van der Waals surface area contributed by atoms with E-state index in [1.807, 2.05) is 44.2 Å². The second kappa shape index (κ2) is 7.60. The molecular formula is C23H22N2O2S. The Morgan fingerprint density at radius 2 is 1.89 bits per heavy atom. The highest BCUT2D eigenvalue weighted by molar-refractivity contribution is 7.12. The van der Waals surface area contributed by atoms with Crippen molar-refractivity contribution in [1.29, 1.82) is 0 Å². The van der Waals surface area contributed by atoms with Gasteiger partial charge in [0.15, 0.2) is 0 Å². The summed E-state index contributed by atoms with van der Waals surface area (Å²) in [6.45, 7) is 5.97. The molecule has 142 valence electrons. The van der Waals surface area contributed by atoms with Gasteiger partial charge in [-0.1, -0.05) is 48.0 Å². The molecule has 1 amide bonds. The van der Waals surface area contributed by atoms with E-state index in [0.717, 1.165) is 37.9 Å². The van der Waals surface area contributed by atoms with E-state index in [0.29, 0.717) is 6.42 Å². The number of furan rings is 1. The monoisotopic (exact) mass is 390 g/mol. The number of hydrogen-bond acceptors (Lipinski definition) is 4. The Kier molecular flexibility index (Phi) is 5.01. The zero-order valence-electron chi connectivity index (χ0n) is 16.2. The number of hydrogen-bond donors (Lipinski definition) is 1. The molecule has 4 rings (SSSR count). The van der Waals surface area contributed by atoms with Gasteiger partial charge in [0.05, 0.1) is 23.2 Å². The number of carbonyl (C=O) groups is 1. The number of nitrogens with zero attached hydrogens (tertiary/aromatic N) is 1. The molecule has 0 saturated carbocycles. The Hall–Kier alpha value is -2.92. The minimum Gasteiger partial charge on any atom is -0.459 e. The van der Waals surface area contributed by atoms with Gasteiger partial charge in [-0.25, -0.2) is 4.98 Å². The summed E-state index contributed by atoms with van der Waals surface area (Å²) < 4.78 is 5.86. The minimum atomic E-state index is -0.197. The highest BCUT2D eigenvalue weighted by Gasteiger charge is 2.18. The van der Waals surface area contributed by atoms with Crippen molar-refractivity contribution in [1.82, 2.24) is 10.3 Å². The van der Waals surface area contributed by atoms with Crippen LogP contribution in [0.5, 0.6) is 0 Å². The smallest absolute Gasteiger partial charge is 0.225 e. The zero-order valence-corrected chi connectivity index (χ0v) is 17.0. The molecule has 0 aliphatic heterocycles. The van der Waals surface area contributed by atoms with Gasteiger partial charge >= 0.3 is 0 Å². The summed E-state index contributed by atoms with van der Waals surface area (Å²) in [5, 5.41) is 5.05. The molecule has 4 nitrogen and oxygen atoms in total. The second-order valence-corrected chi connectivity index (χ2v) is 8.31. The van der Waals surface area contributed by atoms with Crippen LogP contribution in [-0.2, 0) is 11.2 Å². The van der Waals surface area contributed by atoms with Crippen LogP contribution in [0.1, 0.15) is 34.2 Å². The predicted molar refractivity (Wildman–Crippen MR) is 113 cm³/mol. The van der Waals surface area contributed by atoms with Gasteiger partial charge < -0.3 is 9.73 Å². The maximum Gasteiger partial charge on any atom is 0.225 e. The summed E-state index contributed by atoms with van der Waals surface area (Å²) >= 11 is 1.57. The highest BCUT2D eigenvalue weighted by atomic mass is 32.1. The van der Waals surface area contributed by atoms with Crippen molar-refractivity contribution in [2.24, 2.45) is 0 Å². The van der Waals surface area contributed by atoms with Gasteiger partial charge in [-0.2, -0.15) is 0 Å². The molecule has 0 fully saturated rings. The van der Waals surface area contributed by atoms with E-state index in [9.17, 15) is 4.79 Å². The number of carbonyl (C=O) groups excluding carboxylic acids is 1. The summed E-state index contributed by atoms with van der Waals surface area (Å²) in [5.41, 5.74) is 3.98. The predicted octanol–water partition coefficient (Wildman–Crippen LogP) is 5.59. The molecule has 2 heterocycles. The Bertz CT molecular complexity index is 1090. The van der Waals surface area contributed by atoms with Gasteiger partial charge in [0.1, 0.15) is 11.3 Å². The van der Waals surface area contributed by atoms with Gasteiger partial charge in [-0.3, -0.25) is 4.79 Å². The zero-order chi connectivity index (χ0) is 19.7. The first-order valence-corrected chi connectivity index (χ1v) is 10.1. The van der Waals surface area contributed by atoms with Crippen molar-refractivity contribution >= 4 is 28.2 Å². The number of benzene rings is 2. The summed E-state index contributed by atoms with van der Waals surface area (Å²) in [7, 11) is 0. The second-order valence-electron chi connectivity index (χ2n) is 7.02. The first-order valence-electron chi connectivity index (χ1n) is 9.31. The van der Waals surface area contributed by atoms with Crippen molar-refractivity contribution in [3.63, 3.8) is 0 Å².